The predicted octanol–water partition coefficient (Wildman–Crippen LogP) is 2.62. The number of benzene rings is 1. The Kier molecular flexibility index (Phi) is 5.18. The van der Waals surface area contributed by atoms with Crippen molar-refractivity contribution in [1.82, 2.24) is 4.90 Å². The molecule has 1 aliphatic heterocycles. The topological polar surface area (TPSA) is 87.1 Å². The van der Waals surface area contributed by atoms with E-state index in [-0.39, 0.29) is 25.9 Å². The number of carbonyl (C=O) groups is 2. The number of carboxylic acids is 1. The molecule has 1 heterocycles. The van der Waals surface area contributed by atoms with Crippen LogP contribution in [0.4, 0.5) is 4.79 Å². The van der Waals surface area contributed by atoms with E-state index in [1.165, 1.54) is 4.90 Å². The molecular formula is C18H25NO5. The molecule has 1 aliphatic rings. The van der Waals surface area contributed by atoms with Gasteiger partial charge in [0.05, 0.1) is 5.60 Å². The van der Waals surface area contributed by atoms with Crippen LogP contribution >= 0.6 is 0 Å². The summed E-state index contributed by atoms with van der Waals surface area (Å²) in [6.07, 6.45) is -0.0490. The molecule has 1 atom stereocenters. The van der Waals surface area contributed by atoms with Gasteiger partial charge in [-0.1, -0.05) is 30.3 Å². The Morgan fingerprint density at radius 1 is 1.17 bits per heavy atom. The van der Waals surface area contributed by atoms with Crippen molar-refractivity contribution in [3.63, 3.8) is 0 Å². The summed E-state index contributed by atoms with van der Waals surface area (Å²) in [5.74, 6) is -2.08. The Morgan fingerprint density at radius 2 is 1.71 bits per heavy atom. The number of piperidine rings is 1. The van der Waals surface area contributed by atoms with Crippen LogP contribution in [0.1, 0.15) is 45.1 Å². The van der Waals surface area contributed by atoms with E-state index in [4.69, 9.17) is 4.74 Å². The number of aliphatic hydroxyl groups is 1. The Balaban J connectivity index is 2.10. The van der Waals surface area contributed by atoms with E-state index in [2.05, 4.69) is 0 Å². The molecule has 0 saturated carbocycles. The van der Waals surface area contributed by atoms with Crippen LogP contribution in [0.25, 0.3) is 0 Å². The van der Waals surface area contributed by atoms with E-state index in [1.54, 1.807) is 51.1 Å². The van der Waals surface area contributed by atoms with Crippen LogP contribution in [0.2, 0.25) is 0 Å². The zero-order chi connectivity index (χ0) is 18.0. The molecule has 0 bridgehead atoms. The molecule has 1 unspecified atom stereocenters. The van der Waals surface area contributed by atoms with Crippen molar-refractivity contribution in [2.75, 3.05) is 13.1 Å². The van der Waals surface area contributed by atoms with Crippen LogP contribution < -0.4 is 0 Å². The van der Waals surface area contributed by atoms with Crippen LogP contribution in [-0.2, 0) is 9.53 Å². The van der Waals surface area contributed by atoms with Gasteiger partial charge in [0.2, 0.25) is 0 Å². The molecule has 1 aromatic carbocycles. The lowest BCUT2D eigenvalue weighted by Gasteiger charge is -2.41. The number of ether oxygens (including phenoxy) is 1. The predicted molar refractivity (Wildman–Crippen MR) is 88.8 cm³/mol. The number of amides is 1. The molecule has 2 rings (SSSR count). The molecule has 24 heavy (non-hydrogen) atoms. The quantitative estimate of drug-likeness (QED) is 0.886. The Labute approximate surface area is 142 Å². The highest BCUT2D eigenvalue weighted by Gasteiger charge is 2.45. The molecule has 1 saturated heterocycles. The van der Waals surface area contributed by atoms with Crippen molar-refractivity contribution in [3.05, 3.63) is 35.9 Å². The van der Waals surface area contributed by atoms with Crippen LogP contribution in [-0.4, -0.2) is 51.5 Å². The summed E-state index contributed by atoms with van der Waals surface area (Å²) < 4.78 is 5.33. The molecule has 0 spiro atoms. The summed E-state index contributed by atoms with van der Waals surface area (Å²) in [4.78, 5) is 25.4. The van der Waals surface area contributed by atoms with Gasteiger partial charge in [0.25, 0.3) is 0 Å². The smallest absolute Gasteiger partial charge is 0.410 e. The lowest BCUT2D eigenvalue weighted by Crippen LogP contribution is -2.52. The molecule has 0 aliphatic carbocycles. The van der Waals surface area contributed by atoms with Gasteiger partial charge in [-0.3, -0.25) is 4.79 Å². The summed E-state index contributed by atoms with van der Waals surface area (Å²) >= 11 is 0. The normalized spacial score (nSPS) is 18.8. The van der Waals surface area contributed by atoms with E-state index in [9.17, 15) is 19.8 Å². The first-order valence-electron chi connectivity index (χ1n) is 8.10. The molecule has 1 fully saturated rings. The molecule has 2 N–H and O–H groups in total. The van der Waals surface area contributed by atoms with Gasteiger partial charge in [-0.2, -0.15) is 0 Å². The standard InChI is InChI=1S/C18H25NO5/c1-17(2,3)24-16(22)19-11-9-18(23,10-12-19)14(15(20)21)13-7-5-4-6-8-13/h4-8,14,23H,9-12H2,1-3H3,(H,20,21). The first kappa shape index (κ1) is 18.3. The molecular weight excluding hydrogens is 310 g/mol. The van der Waals surface area contributed by atoms with Gasteiger partial charge in [0.15, 0.2) is 0 Å². The Bertz CT molecular complexity index is 585. The maximum atomic E-state index is 12.1. The van der Waals surface area contributed by atoms with Gasteiger partial charge in [-0.25, -0.2) is 4.79 Å². The monoisotopic (exact) mass is 335 g/mol. The molecule has 1 aromatic rings. The van der Waals surface area contributed by atoms with E-state index in [0.29, 0.717) is 5.56 Å². The van der Waals surface area contributed by atoms with Crippen molar-refractivity contribution in [2.24, 2.45) is 0 Å². The molecule has 6 nitrogen and oxygen atoms in total. The largest absolute Gasteiger partial charge is 0.481 e. The molecule has 6 heteroatoms. The lowest BCUT2D eigenvalue weighted by atomic mass is 9.76. The third-order valence-electron chi connectivity index (χ3n) is 4.20. The number of carbonyl (C=O) groups excluding carboxylic acids is 1. The van der Waals surface area contributed by atoms with Crippen molar-refractivity contribution >= 4 is 12.1 Å². The zero-order valence-corrected chi connectivity index (χ0v) is 14.4. The third-order valence-corrected chi connectivity index (χ3v) is 4.20. The number of hydrogen-bond donors (Lipinski definition) is 2. The molecule has 132 valence electrons. The fourth-order valence-corrected chi connectivity index (χ4v) is 3.02. The number of rotatable bonds is 3. The summed E-state index contributed by atoms with van der Waals surface area (Å²) in [6, 6.07) is 8.72. The van der Waals surface area contributed by atoms with Crippen molar-refractivity contribution in [2.45, 2.75) is 50.7 Å². The number of carboxylic acid groups (broad SMARTS) is 1. The zero-order valence-electron chi connectivity index (χ0n) is 14.4. The summed E-state index contributed by atoms with van der Waals surface area (Å²) in [6.45, 7) is 5.91. The number of nitrogens with zero attached hydrogens (tertiary/aromatic N) is 1. The minimum atomic E-state index is -1.38. The van der Waals surface area contributed by atoms with Gasteiger partial charge >= 0.3 is 12.1 Å². The highest BCUT2D eigenvalue weighted by atomic mass is 16.6. The first-order chi connectivity index (χ1) is 11.1. The summed E-state index contributed by atoms with van der Waals surface area (Å²) in [7, 11) is 0. The summed E-state index contributed by atoms with van der Waals surface area (Å²) in [5, 5.41) is 20.5. The summed E-state index contributed by atoms with van der Waals surface area (Å²) in [5.41, 5.74) is -1.40. The molecule has 1 amide bonds. The van der Waals surface area contributed by atoms with E-state index < -0.39 is 29.2 Å². The van der Waals surface area contributed by atoms with Gasteiger partial charge in [0, 0.05) is 13.1 Å². The van der Waals surface area contributed by atoms with Crippen LogP contribution in [0.5, 0.6) is 0 Å². The Morgan fingerprint density at radius 3 is 2.17 bits per heavy atom. The minimum Gasteiger partial charge on any atom is -0.481 e. The minimum absolute atomic E-state index is 0.193. The van der Waals surface area contributed by atoms with Gasteiger partial charge < -0.3 is 19.8 Å². The fourth-order valence-electron chi connectivity index (χ4n) is 3.02. The molecule has 0 radical (unpaired) electrons. The van der Waals surface area contributed by atoms with E-state index in [1.807, 2.05) is 0 Å². The van der Waals surface area contributed by atoms with Crippen molar-refractivity contribution < 1.29 is 24.5 Å². The van der Waals surface area contributed by atoms with Crippen molar-refractivity contribution in [1.29, 1.82) is 0 Å². The third kappa shape index (κ3) is 4.26. The SMILES string of the molecule is CC(C)(C)OC(=O)N1CCC(O)(C(C(=O)O)c2ccccc2)CC1. The Hall–Kier alpha value is -2.08. The first-order valence-corrected chi connectivity index (χ1v) is 8.10. The second-order valence-corrected chi connectivity index (χ2v) is 7.25. The molecule has 0 aromatic heterocycles. The highest BCUT2D eigenvalue weighted by Crippen LogP contribution is 2.37. The number of aliphatic carboxylic acids is 1. The maximum Gasteiger partial charge on any atom is 0.410 e. The number of hydrogen-bond acceptors (Lipinski definition) is 4. The maximum absolute atomic E-state index is 12.1. The van der Waals surface area contributed by atoms with Gasteiger partial charge in [-0.05, 0) is 39.2 Å². The second-order valence-electron chi connectivity index (χ2n) is 7.25. The van der Waals surface area contributed by atoms with Gasteiger partial charge in [-0.15, -0.1) is 0 Å². The van der Waals surface area contributed by atoms with Crippen LogP contribution in [0.3, 0.4) is 0 Å². The van der Waals surface area contributed by atoms with Crippen LogP contribution in [0, 0.1) is 0 Å². The number of likely N-dealkylation sites (tertiary alicyclic amines) is 1. The average Bonchev–Trinajstić information content (AvgIpc) is 2.46. The second kappa shape index (κ2) is 6.81. The van der Waals surface area contributed by atoms with E-state index in [0.717, 1.165) is 0 Å². The average molecular weight is 335 g/mol. The van der Waals surface area contributed by atoms with Crippen molar-refractivity contribution in [3.8, 4) is 0 Å². The van der Waals surface area contributed by atoms with Gasteiger partial charge in [0.1, 0.15) is 11.5 Å². The fraction of sp³-hybridized carbons (Fsp3) is 0.556. The highest BCUT2D eigenvalue weighted by molar-refractivity contribution is 5.78. The van der Waals surface area contributed by atoms with Crippen LogP contribution in [0.15, 0.2) is 30.3 Å². The lowest BCUT2D eigenvalue weighted by molar-refractivity contribution is -0.148. The van der Waals surface area contributed by atoms with E-state index >= 15 is 0 Å².